The van der Waals surface area contributed by atoms with Crippen LogP contribution < -0.4 is 9.64 Å². The third-order valence-electron chi connectivity index (χ3n) is 4.69. The van der Waals surface area contributed by atoms with Crippen molar-refractivity contribution >= 4 is 11.6 Å². The van der Waals surface area contributed by atoms with E-state index in [9.17, 15) is 4.79 Å². The molecule has 1 amide bonds. The van der Waals surface area contributed by atoms with Crippen molar-refractivity contribution in [3.63, 3.8) is 0 Å². The Morgan fingerprint density at radius 3 is 2.33 bits per heavy atom. The lowest BCUT2D eigenvalue weighted by atomic mass is 9.98. The minimum Gasteiger partial charge on any atom is -0.497 e. The van der Waals surface area contributed by atoms with Crippen LogP contribution in [0, 0.1) is 0 Å². The second-order valence-corrected chi connectivity index (χ2v) is 6.45. The first kappa shape index (κ1) is 16.4. The largest absolute Gasteiger partial charge is 0.497 e. The highest BCUT2D eigenvalue weighted by Crippen LogP contribution is 2.29. The van der Waals surface area contributed by atoms with Crippen molar-refractivity contribution in [3.05, 3.63) is 59.7 Å². The number of amides is 1. The van der Waals surface area contributed by atoms with Crippen molar-refractivity contribution in [2.75, 3.05) is 39.2 Å². The lowest BCUT2D eigenvalue weighted by Crippen LogP contribution is -2.28. The van der Waals surface area contributed by atoms with Gasteiger partial charge in [-0.15, -0.1) is 0 Å². The number of nitrogens with zero attached hydrogens (tertiary/aromatic N) is 2. The smallest absolute Gasteiger partial charge is 0.253 e. The number of carbonyl (C=O) groups is 1. The quantitative estimate of drug-likeness (QED) is 0.864. The summed E-state index contributed by atoms with van der Waals surface area (Å²) >= 11 is 0. The third kappa shape index (κ3) is 3.37. The highest BCUT2D eigenvalue weighted by atomic mass is 16.5. The van der Waals surface area contributed by atoms with Gasteiger partial charge in [-0.1, -0.05) is 12.1 Å². The first-order chi connectivity index (χ1) is 11.6. The number of hydrogen-bond acceptors (Lipinski definition) is 3. The molecule has 1 aliphatic rings. The first-order valence-corrected chi connectivity index (χ1v) is 8.29. The fourth-order valence-electron chi connectivity index (χ4n) is 3.18. The van der Waals surface area contributed by atoms with Gasteiger partial charge in [0.15, 0.2) is 0 Å². The molecular formula is C20H24N2O2. The highest BCUT2D eigenvalue weighted by molar-refractivity contribution is 5.94. The van der Waals surface area contributed by atoms with Crippen molar-refractivity contribution in [2.24, 2.45) is 0 Å². The van der Waals surface area contributed by atoms with Crippen molar-refractivity contribution in [1.82, 2.24) is 4.90 Å². The Hall–Kier alpha value is -2.49. The van der Waals surface area contributed by atoms with Gasteiger partial charge in [0.2, 0.25) is 0 Å². The molecule has 1 fully saturated rings. The maximum Gasteiger partial charge on any atom is 0.253 e. The minimum absolute atomic E-state index is 0.122. The lowest BCUT2D eigenvalue weighted by molar-refractivity contribution is 0.0791. The molecule has 1 atom stereocenters. The minimum atomic E-state index is 0.122. The zero-order chi connectivity index (χ0) is 17.1. The van der Waals surface area contributed by atoms with Crippen LogP contribution in [-0.2, 0) is 0 Å². The van der Waals surface area contributed by atoms with E-state index < -0.39 is 0 Å². The molecule has 2 aromatic carbocycles. The molecule has 0 radical (unpaired) electrons. The van der Waals surface area contributed by atoms with E-state index in [1.165, 1.54) is 5.56 Å². The molecule has 0 N–H and O–H groups in total. The maximum atomic E-state index is 12.7. The summed E-state index contributed by atoms with van der Waals surface area (Å²) in [6.45, 7) is 1.59. The summed E-state index contributed by atoms with van der Waals surface area (Å²) in [5, 5.41) is 0. The van der Waals surface area contributed by atoms with E-state index in [4.69, 9.17) is 4.74 Å². The van der Waals surface area contributed by atoms with Gasteiger partial charge in [0, 0.05) is 44.4 Å². The number of carbonyl (C=O) groups excluding carboxylic acids is 1. The van der Waals surface area contributed by atoms with Gasteiger partial charge in [-0.25, -0.2) is 0 Å². The van der Waals surface area contributed by atoms with Crippen LogP contribution in [0.25, 0.3) is 0 Å². The van der Waals surface area contributed by atoms with Gasteiger partial charge in [0.25, 0.3) is 5.91 Å². The van der Waals surface area contributed by atoms with E-state index in [0.29, 0.717) is 5.92 Å². The Kier molecular flexibility index (Phi) is 4.74. The van der Waals surface area contributed by atoms with Crippen LogP contribution >= 0.6 is 0 Å². The van der Waals surface area contributed by atoms with Crippen molar-refractivity contribution < 1.29 is 9.53 Å². The maximum absolute atomic E-state index is 12.7. The molecule has 1 saturated heterocycles. The van der Waals surface area contributed by atoms with Crippen molar-refractivity contribution in [2.45, 2.75) is 12.3 Å². The van der Waals surface area contributed by atoms with Gasteiger partial charge in [0.05, 0.1) is 7.11 Å². The van der Waals surface area contributed by atoms with Gasteiger partial charge in [0.1, 0.15) is 5.75 Å². The molecule has 4 heteroatoms. The Balaban J connectivity index is 1.66. The summed E-state index contributed by atoms with van der Waals surface area (Å²) in [5.41, 5.74) is 3.13. The molecule has 0 spiro atoms. The molecule has 0 aromatic heterocycles. The average molecular weight is 324 g/mol. The number of benzene rings is 2. The molecule has 0 saturated carbocycles. The highest BCUT2D eigenvalue weighted by Gasteiger charge is 2.27. The number of ether oxygens (including phenoxy) is 1. The monoisotopic (exact) mass is 324 g/mol. The van der Waals surface area contributed by atoms with Crippen LogP contribution in [0.2, 0.25) is 0 Å². The lowest BCUT2D eigenvalue weighted by Gasteiger charge is -2.18. The number of methoxy groups -OCH3 is 1. The summed E-state index contributed by atoms with van der Waals surface area (Å²) in [4.78, 5) is 16.7. The molecule has 1 unspecified atom stereocenters. The predicted molar refractivity (Wildman–Crippen MR) is 97.0 cm³/mol. The number of anilines is 1. The van der Waals surface area contributed by atoms with E-state index in [0.717, 1.165) is 36.5 Å². The summed E-state index contributed by atoms with van der Waals surface area (Å²) in [6.07, 6.45) is 1.01. The number of rotatable bonds is 4. The first-order valence-electron chi connectivity index (χ1n) is 8.29. The van der Waals surface area contributed by atoms with Crippen molar-refractivity contribution in [1.29, 1.82) is 0 Å². The topological polar surface area (TPSA) is 32.8 Å². The molecular weight excluding hydrogens is 300 g/mol. The Morgan fingerprint density at radius 1 is 1.08 bits per heavy atom. The van der Waals surface area contributed by atoms with Crippen LogP contribution in [-0.4, -0.2) is 45.1 Å². The second-order valence-electron chi connectivity index (χ2n) is 6.45. The standard InChI is InChI=1S/C20H24N2O2/c1-21(2)18-8-4-16(5-9-18)20(23)22-13-12-17(14-22)15-6-10-19(24-3)11-7-15/h4-11,17H,12-14H2,1-3H3. The summed E-state index contributed by atoms with van der Waals surface area (Å²) in [5.74, 6) is 1.39. The molecule has 126 valence electrons. The molecule has 0 aliphatic carbocycles. The van der Waals surface area contributed by atoms with Gasteiger partial charge in [-0.3, -0.25) is 4.79 Å². The van der Waals surface area contributed by atoms with Crippen LogP contribution in [0.1, 0.15) is 28.3 Å². The summed E-state index contributed by atoms with van der Waals surface area (Å²) in [7, 11) is 5.67. The van der Waals surface area contributed by atoms with Gasteiger partial charge < -0.3 is 14.5 Å². The Labute approximate surface area is 143 Å². The molecule has 0 bridgehead atoms. The number of hydrogen-bond donors (Lipinski definition) is 0. The fraction of sp³-hybridized carbons (Fsp3) is 0.350. The van der Waals surface area contributed by atoms with Crippen molar-refractivity contribution in [3.8, 4) is 5.75 Å². The van der Waals surface area contributed by atoms with E-state index in [2.05, 4.69) is 12.1 Å². The zero-order valence-electron chi connectivity index (χ0n) is 14.5. The average Bonchev–Trinajstić information content (AvgIpc) is 3.11. The Morgan fingerprint density at radius 2 is 1.75 bits per heavy atom. The van der Waals surface area contributed by atoms with E-state index in [1.54, 1.807) is 7.11 Å². The second kappa shape index (κ2) is 6.95. The molecule has 3 rings (SSSR count). The van der Waals surface area contributed by atoms with E-state index in [1.807, 2.05) is 60.3 Å². The van der Waals surface area contributed by atoms with Crippen LogP contribution in [0.4, 0.5) is 5.69 Å². The zero-order valence-corrected chi connectivity index (χ0v) is 14.5. The normalized spacial score (nSPS) is 17.0. The van der Waals surface area contributed by atoms with Gasteiger partial charge >= 0.3 is 0 Å². The van der Waals surface area contributed by atoms with E-state index >= 15 is 0 Å². The molecule has 2 aromatic rings. The molecule has 4 nitrogen and oxygen atoms in total. The van der Waals surface area contributed by atoms with E-state index in [-0.39, 0.29) is 5.91 Å². The van der Waals surface area contributed by atoms with Crippen LogP contribution in [0.15, 0.2) is 48.5 Å². The SMILES string of the molecule is COc1ccc(C2CCN(C(=O)c3ccc(N(C)C)cc3)C2)cc1. The third-order valence-corrected chi connectivity index (χ3v) is 4.69. The Bertz CT molecular complexity index is 693. The molecule has 1 aliphatic heterocycles. The summed E-state index contributed by atoms with van der Waals surface area (Å²) in [6, 6.07) is 16.0. The van der Waals surface area contributed by atoms with Gasteiger partial charge in [-0.2, -0.15) is 0 Å². The number of likely N-dealkylation sites (tertiary alicyclic amines) is 1. The molecule has 24 heavy (non-hydrogen) atoms. The van der Waals surface area contributed by atoms with Gasteiger partial charge in [-0.05, 0) is 48.4 Å². The fourth-order valence-corrected chi connectivity index (χ4v) is 3.18. The predicted octanol–water partition coefficient (Wildman–Crippen LogP) is 3.39. The molecule has 1 heterocycles. The summed E-state index contributed by atoms with van der Waals surface area (Å²) < 4.78 is 5.21. The van der Waals surface area contributed by atoms with Crippen LogP contribution in [0.5, 0.6) is 5.75 Å². The van der Waals surface area contributed by atoms with Crippen LogP contribution in [0.3, 0.4) is 0 Å².